The number of amides is 1. The van der Waals surface area contributed by atoms with Crippen LogP contribution < -0.4 is 16.5 Å². The number of rotatable bonds is 4. The molecule has 3 aromatic heterocycles. The van der Waals surface area contributed by atoms with Crippen molar-refractivity contribution in [2.75, 3.05) is 5.32 Å². The van der Waals surface area contributed by atoms with Gasteiger partial charge in [0.15, 0.2) is 5.16 Å². The first kappa shape index (κ1) is 21.0. The zero-order chi connectivity index (χ0) is 22.4. The molecule has 3 heterocycles. The molecule has 0 saturated carbocycles. The first-order valence-corrected chi connectivity index (χ1v) is 12.2. The lowest BCUT2D eigenvalue weighted by Gasteiger charge is -2.11. The summed E-state index contributed by atoms with van der Waals surface area (Å²) in [6.07, 6.45) is 4.25. The molecule has 1 aliphatic carbocycles. The predicted octanol–water partition coefficient (Wildman–Crippen LogP) is 4.23. The Labute approximate surface area is 191 Å². The smallest absolute Gasteiger partial charge is 0.336 e. The van der Waals surface area contributed by atoms with Crippen molar-refractivity contribution >= 4 is 55.9 Å². The van der Waals surface area contributed by atoms with Crippen LogP contribution in [0.15, 0.2) is 43.4 Å². The monoisotopic (exact) mass is 467 g/mol. The van der Waals surface area contributed by atoms with Gasteiger partial charge in [0.25, 0.3) is 5.56 Å². The van der Waals surface area contributed by atoms with Crippen molar-refractivity contribution in [2.24, 2.45) is 7.05 Å². The van der Waals surface area contributed by atoms with Gasteiger partial charge in [0.05, 0.1) is 5.39 Å². The number of hydrogen-bond acceptors (Lipinski definition) is 7. The highest BCUT2D eigenvalue weighted by atomic mass is 32.2. The van der Waals surface area contributed by atoms with Crippen molar-refractivity contribution in [1.82, 2.24) is 9.55 Å². The van der Waals surface area contributed by atoms with E-state index in [0.717, 1.165) is 46.8 Å². The van der Waals surface area contributed by atoms with Gasteiger partial charge in [-0.05, 0) is 48.9 Å². The Morgan fingerprint density at radius 2 is 2.06 bits per heavy atom. The van der Waals surface area contributed by atoms with Crippen LogP contribution in [0.2, 0.25) is 0 Å². The molecular formula is C23H21N3O4S2. The molecule has 0 atom stereocenters. The van der Waals surface area contributed by atoms with Gasteiger partial charge >= 0.3 is 5.63 Å². The number of fused-ring (bicyclic) bond motifs is 4. The Morgan fingerprint density at radius 3 is 2.88 bits per heavy atom. The van der Waals surface area contributed by atoms with E-state index in [1.807, 2.05) is 6.07 Å². The third kappa shape index (κ3) is 3.75. The maximum atomic E-state index is 13.1. The second kappa shape index (κ2) is 8.22. The highest BCUT2D eigenvalue weighted by Gasteiger charge is 2.21. The van der Waals surface area contributed by atoms with Gasteiger partial charge in [-0.25, -0.2) is 9.78 Å². The standard InChI is InChI=1S/C23H21N3O4S2/c1-12(27)24-14-7-8-15-13(9-19(28)30-17(15)10-14)11-31-23-25-21-20(22(29)26(23)2)16-5-3-4-6-18(16)32-21/h7-10H,3-6,11H2,1-2H3,(H,24,27). The molecule has 9 heteroatoms. The Balaban J connectivity index is 1.50. The first-order valence-electron chi connectivity index (χ1n) is 10.4. The molecule has 1 aromatic carbocycles. The molecule has 32 heavy (non-hydrogen) atoms. The maximum absolute atomic E-state index is 13.1. The van der Waals surface area contributed by atoms with Gasteiger partial charge in [-0.15, -0.1) is 11.3 Å². The minimum Gasteiger partial charge on any atom is -0.423 e. The largest absolute Gasteiger partial charge is 0.423 e. The number of anilines is 1. The van der Waals surface area contributed by atoms with E-state index in [-0.39, 0.29) is 11.5 Å². The molecule has 0 unspecified atom stereocenters. The van der Waals surface area contributed by atoms with Crippen LogP contribution in [0, 0.1) is 0 Å². The minimum atomic E-state index is -0.462. The van der Waals surface area contributed by atoms with Crippen LogP contribution in [0.25, 0.3) is 21.2 Å². The number of aryl methyl sites for hydroxylation is 2. The quantitative estimate of drug-likeness (QED) is 0.274. The number of thiophene rings is 1. The SMILES string of the molecule is CC(=O)Nc1ccc2c(CSc3nc4sc5c(c4c(=O)n3C)CCCC5)cc(=O)oc2c1. The Kier molecular flexibility index (Phi) is 5.38. The molecular weight excluding hydrogens is 446 g/mol. The highest BCUT2D eigenvalue weighted by molar-refractivity contribution is 7.98. The maximum Gasteiger partial charge on any atom is 0.336 e. The molecule has 7 nitrogen and oxygen atoms in total. The Bertz CT molecular complexity index is 1500. The Hall–Kier alpha value is -2.91. The van der Waals surface area contributed by atoms with Gasteiger partial charge in [0.2, 0.25) is 5.91 Å². The van der Waals surface area contributed by atoms with Crippen molar-refractivity contribution < 1.29 is 9.21 Å². The fourth-order valence-corrected chi connectivity index (χ4v) is 6.43. The molecule has 4 aromatic rings. The lowest BCUT2D eigenvalue weighted by Crippen LogP contribution is -2.20. The summed E-state index contributed by atoms with van der Waals surface area (Å²) in [5.74, 6) is 0.259. The second-order valence-corrected chi connectivity index (χ2v) is 9.95. The van der Waals surface area contributed by atoms with Gasteiger partial charge < -0.3 is 9.73 Å². The molecule has 1 N–H and O–H groups in total. The van der Waals surface area contributed by atoms with Crippen molar-refractivity contribution in [2.45, 2.75) is 43.5 Å². The number of carbonyl (C=O) groups is 1. The first-order chi connectivity index (χ1) is 15.4. The number of hydrogen-bond donors (Lipinski definition) is 1. The summed E-state index contributed by atoms with van der Waals surface area (Å²) < 4.78 is 6.95. The third-order valence-corrected chi connectivity index (χ3v) is 7.93. The lowest BCUT2D eigenvalue weighted by atomic mass is 9.97. The summed E-state index contributed by atoms with van der Waals surface area (Å²) in [6.45, 7) is 1.42. The van der Waals surface area contributed by atoms with E-state index in [9.17, 15) is 14.4 Å². The summed E-state index contributed by atoms with van der Waals surface area (Å²) in [7, 11) is 1.75. The van der Waals surface area contributed by atoms with E-state index in [4.69, 9.17) is 9.40 Å². The van der Waals surface area contributed by atoms with Crippen molar-refractivity contribution in [1.29, 1.82) is 0 Å². The zero-order valence-electron chi connectivity index (χ0n) is 17.7. The molecule has 0 bridgehead atoms. The fourth-order valence-electron chi connectivity index (χ4n) is 4.17. The molecule has 1 aliphatic rings. The highest BCUT2D eigenvalue weighted by Crippen LogP contribution is 2.35. The molecule has 0 radical (unpaired) electrons. The van der Waals surface area contributed by atoms with Crippen LogP contribution in [0.1, 0.15) is 35.8 Å². The fraction of sp³-hybridized carbons (Fsp3) is 0.304. The number of thioether (sulfide) groups is 1. The Morgan fingerprint density at radius 1 is 1.25 bits per heavy atom. The minimum absolute atomic E-state index is 0.00529. The molecule has 164 valence electrons. The topological polar surface area (TPSA) is 94.2 Å². The summed E-state index contributed by atoms with van der Waals surface area (Å²) in [5, 5.41) is 4.87. The van der Waals surface area contributed by atoms with Gasteiger partial charge in [0.1, 0.15) is 10.4 Å². The summed E-state index contributed by atoms with van der Waals surface area (Å²) in [4.78, 5) is 43.4. The summed E-state index contributed by atoms with van der Waals surface area (Å²) in [5.41, 5.74) is 2.47. The van der Waals surface area contributed by atoms with Gasteiger partial charge in [0, 0.05) is 47.8 Å². The number of aromatic nitrogens is 2. The van der Waals surface area contributed by atoms with E-state index >= 15 is 0 Å². The van der Waals surface area contributed by atoms with E-state index in [0.29, 0.717) is 22.2 Å². The zero-order valence-corrected chi connectivity index (χ0v) is 19.3. The third-order valence-electron chi connectivity index (χ3n) is 5.66. The molecule has 5 rings (SSSR count). The number of nitrogens with one attached hydrogen (secondary N) is 1. The van der Waals surface area contributed by atoms with Crippen molar-refractivity contribution in [3.8, 4) is 0 Å². The summed E-state index contributed by atoms with van der Waals surface area (Å²) in [6, 6.07) is 6.70. The lowest BCUT2D eigenvalue weighted by molar-refractivity contribution is -0.114. The average molecular weight is 468 g/mol. The van der Waals surface area contributed by atoms with Gasteiger partial charge in [-0.1, -0.05) is 11.8 Å². The molecule has 0 fully saturated rings. The van der Waals surface area contributed by atoms with E-state index in [1.165, 1.54) is 35.2 Å². The van der Waals surface area contributed by atoms with Crippen LogP contribution in [0.3, 0.4) is 0 Å². The van der Waals surface area contributed by atoms with E-state index in [2.05, 4.69) is 5.32 Å². The van der Waals surface area contributed by atoms with Crippen LogP contribution in [-0.4, -0.2) is 15.5 Å². The van der Waals surface area contributed by atoms with Crippen LogP contribution in [0.4, 0.5) is 5.69 Å². The number of nitrogens with zero attached hydrogens (tertiary/aromatic N) is 2. The normalized spacial score (nSPS) is 13.4. The predicted molar refractivity (Wildman–Crippen MR) is 128 cm³/mol. The molecule has 1 amide bonds. The van der Waals surface area contributed by atoms with Crippen molar-refractivity contribution in [3.63, 3.8) is 0 Å². The van der Waals surface area contributed by atoms with E-state index in [1.54, 1.807) is 35.1 Å². The molecule has 0 aliphatic heterocycles. The average Bonchev–Trinajstić information content (AvgIpc) is 3.12. The van der Waals surface area contributed by atoms with Crippen LogP contribution >= 0.6 is 23.1 Å². The van der Waals surface area contributed by atoms with Gasteiger partial charge in [-0.3, -0.25) is 14.2 Å². The van der Waals surface area contributed by atoms with Crippen LogP contribution in [-0.2, 0) is 30.4 Å². The van der Waals surface area contributed by atoms with Crippen molar-refractivity contribution in [3.05, 3.63) is 61.0 Å². The molecule has 0 spiro atoms. The van der Waals surface area contributed by atoms with Gasteiger partial charge in [-0.2, -0.15) is 0 Å². The molecule has 0 saturated heterocycles. The van der Waals surface area contributed by atoms with E-state index < -0.39 is 5.63 Å². The van der Waals surface area contributed by atoms with Crippen LogP contribution in [0.5, 0.6) is 0 Å². The second-order valence-electron chi connectivity index (χ2n) is 7.92. The number of carbonyl (C=O) groups excluding carboxylic acids is 1. The number of benzene rings is 1. The summed E-state index contributed by atoms with van der Waals surface area (Å²) >= 11 is 3.05.